The van der Waals surface area contributed by atoms with Crippen molar-refractivity contribution in [1.82, 2.24) is 9.62 Å². The molecular weight excluding hydrogens is 348 g/mol. The van der Waals surface area contributed by atoms with Gasteiger partial charge in [-0.15, -0.1) is 0 Å². The Morgan fingerprint density at radius 3 is 2.56 bits per heavy atom. The van der Waals surface area contributed by atoms with Crippen molar-refractivity contribution in [1.29, 1.82) is 0 Å². The van der Waals surface area contributed by atoms with Crippen LogP contribution < -0.4 is 10.0 Å². The normalized spacial score (nSPS) is 17.8. The lowest BCUT2D eigenvalue weighted by molar-refractivity contribution is -0.384. The van der Waals surface area contributed by atoms with E-state index in [-0.39, 0.29) is 17.6 Å². The molecule has 1 atom stereocenters. The van der Waals surface area contributed by atoms with E-state index in [0.29, 0.717) is 31.6 Å². The lowest BCUT2D eigenvalue weighted by atomic mass is 10.0. The number of anilines is 1. The zero-order valence-corrected chi connectivity index (χ0v) is 15.0. The minimum absolute atomic E-state index is 0.0851. The van der Waals surface area contributed by atoms with Crippen LogP contribution in [0.1, 0.15) is 19.8 Å². The largest absolute Gasteiger partial charge is 0.324 e. The Morgan fingerprint density at radius 2 is 2.00 bits per heavy atom. The number of amides is 1. The van der Waals surface area contributed by atoms with Crippen LogP contribution in [-0.4, -0.2) is 55.6 Å². The van der Waals surface area contributed by atoms with Crippen molar-refractivity contribution in [2.45, 2.75) is 31.8 Å². The van der Waals surface area contributed by atoms with Crippen LogP contribution >= 0.6 is 0 Å². The van der Waals surface area contributed by atoms with Crippen LogP contribution in [0.3, 0.4) is 0 Å². The Morgan fingerprint density at radius 1 is 1.36 bits per heavy atom. The van der Waals surface area contributed by atoms with E-state index in [2.05, 4.69) is 10.0 Å². The number of benzene rings is 1. The topological polar surface area (TPSA) is 122 Å². The molecule has 138 valence electrons. The molecule has 0 radical (unpaired) electrons. The summed E-state index contributed by atoms with van der Waals surface area (Å²) >= 11 is 0. The van der Waals surface area contributed by atoms with Crippen LogP contribution in [0.4, 0.5) is 11.4 Å². The molecule has 0 aliphatic carbocycles. The number of piperidine rings is 1. The van der Waals surface area contributed by atoms with Crippen molar-refractivity contribution in [3.8, 4) is 0 Å². The molecule has 0 saturated carbocycles. The van der Waals surface area contributed by atoms with Crippen LogP contribution in [0.2, 0.25) is 0 Å². The smallest absolute Gasteiger partial charge is 0.271 e. The maximum atomic E-state index is 12.4. The Bertz CT molecular complexity index is 744. The summed E-state index contributed by atoms with van der Waals surface area (Å²) in [5.41, 5.74) is 0.290. The monoisotopic (exact) mass is 370 g/mol. The summed E-state index contributed by atoms with van der Waals surface area (Å²) in [6.07, 6.45) is 2.39. The third-order valence-corrected chi connectivity index (χ3v) is 4.92. The van der Waals surface area contributed by atoms with E-state index in [1.807, 2.05) is 4.90 Å². The zero-order chi connectivity index (χ0) is 18.6. The maximum absolute atomic E-state index is 12.4. The van der Waals surface area contributed by atoms with E-state index in [1.54, 1.807) is 13.0 Å². The van der Waals surface area contributed by atoms with Gasteiger partial charge in [0.2, 0.25) is 15.9 Å². The van der Waals surface area contributed by atoms with E-state index < -0.39 is 21.0 Å². The number of hydrogen-bond donors (Lipinski definition) is 2. The molecule has 1 aromatic carbocycles. The third kappa shape index (κ3) is 5.76. The molecule has 25 heavy (non-hydrogen) atoms. The predicted molar refractivity (Wildman–Crippen MR) is 93.8 cm³/mol. The molecule has 0 bridgehead atoms. The number of rotatable bonds is 6. The first-order chi connectivity index (χ1) is 11.7. The fourth-order valence-corrected chi connectivity index (χ4v) is 3.66. The number of carbonyl (C=O) groups is 1. The highest BCUT2D eigenvalue weighted by atomic mass is 32.2. The van der Waals surface area contributed by atoms with Gasteiger partial charge in [0.05, 0.1) is 17.2 Å². The van der Waals surface area contributed by atoms with Gasteiger partial charge in [-0.2, -0.15) is 0 Å². The molecule has 1 aromatic rings. The maximum Gasteiger partial charge on any atom is 0.271 e. The summed E-state index contributed by atoms with van der Waals surface area (Å²) in [7, 11) is -3.23. The third-order valence-electron chi connectivity index (χ3n) is 4.16. The molecule has 0 aromatic heterocycles. The molecule has 2 N–H and O–H groups in total. The second-order valence-corrected chi connectivity index (χ2v) is 7.95. The first-order valence-corrected chi connectivity index (χ1v) is 9.81. The molecule has 1 aliphatic heterocycles. The molecule has 9 nitrogen and oxygen atoms in total. The Kier molecular flexibility index (Phi) is 6.09. The molecule has 0 unspecified atom stereocenters. The van der Waals surface area contributed by atoms with Gasteiger partial charge in [0, 0.05) is 37.0 Å². The fourth-order valence-electron chi connectivity index (χ4n) is 2.82. The van der Waals surface area contributed by atoms with Crippen LogP contribution in [-0.2, 0) is 14.8 Å². The number of nitrogens with zero attached hydrogens (tertiary/aromatic N) is 2. The second-order valence-electron chi connectivity index (χ2n) is 6.17. The average molecular weight is 370 g/mol. The Labute approximate surface area is 146 Å². The lowest BCUT2D eigenvalue weighted by Crippen LogP contribution is -2.50. The van der Waals surface area contributed by atoms with Crippen LogP contribution in [0.5, 0.6) is 0 Å². The highest BCUT2D eigenvalue weighted by Crippen LogP contribution is 2.19. The lowest BCUT2D eigenvalue weighted by Gasteiger charge is -2.35. The van der Waals surface area contributed by atoms with E-state index in [0.717, 1.165) is 6.26 Å². The van der Waals surface area contributed by atoms with E-state index in [1.165, 1.54) is 18.2 Å². The molecule has 1 aliphatic rings. The van der Waals surface area contributed by atoms with E-state index in [4.69, 9.17) is 0 Å². The minimum atomic E-state index is -3.23. The second kappa shape index (κ2) is 7.89. The standard InChI is InChI=1S/C15H22N4O5S/c1-11(18-8-6-12(7-9-18)17-25(2,23)24)15(20)16-13-4-3-5-14(10-13)19(21)22/h3-5,10-12,17H,6-9H2,1-2H3,(H,16,20)/t11-/m0/s1. The summed E-state index contributed by atoms with van der Waals surface area (Å²) in [5.74, 6) is -0.255. The summed E-state index contributed by atoms with van der Waals surface area (Å²) in [5, 5.41) is 13.5. The van der Waals surface area contributed by atoms with Gasteiger partial charge >= 0.3 is 0 Å². The number of nitro groups is 1. The van der Waals surface area contributed by atoms with Crippen molar-refractivity contribution < 1.29 is 18.1 Å². The molecule has 1 saturated heterocycles. The fraction of sp³-hybridized carbons (Fsp3) is 0.533. The zero-order valence-electron chi connectivity index (χ0n) is 14.1. The Balaban J connectivity index is 1.91. The number of nitro benzene ring substituents is 1. The summed E-state index contributed by atoms with van der Waals surface area (Å²) < 4.78 is 25.1. The van der Waals surface area contributed by atoms with Crippen LogP contribution in [0.25, 0.3) is 0 Å². The molecule has 2 rings (SSSR count). The van der Waals surface area contributed by atoms with Gasteiger partial charge in [0.1, 0.15) is 0 Å². The van der Waals surface area contributed by atoms with Gasteiger partial charge in [0.25, 0.3) is 5.69 Å². The van der Waals surface area contributed by atoms with E-state index >= 15 is 0 Å². The quantitative estimate of drug-likeness (QED) is 0.568. The number of sulfonamides is 1. The van der Waals surface area contributed by atoms with Gasteiger partial charge in [0.15, 0.2) is 0 Å². The van der Waals surface area contributed by atoms with Crippen molar-refractivity contribution in [3.05, 3.63) is 34.4 Å². The van der Waals surface area contributed by atoms with Gasteiger partial charge in [-0.05, 0) is 25.8 Å². The molecule has 0 spiro atoms. The van der Waals surface area contributed by atoms with Crippen molar-refractivity contribution in [2.75, 3.05) is 24.7 Å². The van der Waals surface area contributed by atoms with E-state index in [9.17, 15) is 23.3 Å². The first kappa shape index (κ1) is 19.3. The molecule has 1 amide bonds. The number of non-ortho nitro benzene ring substituents is 1. The Hall–Kier alpha value is -2.04. The minimum Gasteiger partial charge on any atom is -0.324 e. The first-order valence-electron chi connectivity index (χ1n) is 7.92. The molecule has 1 fully saturated rings. The number of likely N-dealkylation sites (tertiary alicyclic amines) is 1. The van der Waals surface area contributed by atoms with Gasteiger partial charge in [-0.25, -0.2) is 13.1 Å². The molecule has 10 heteroatoms. The summed E-state index contributed by atoms with van der Waals surface area (Å²) in [6, 6.07) is 5.25. The average Bonchev–Trinajstić information content (AvgIpc) is 2.53. The summed E-state index contributed by atoms with van der Waals surface area (Å²) in [6.45, 7) is 2.95. The number of carbonyl (C=O) groups excluding carboxylic acids is 1. The van der Waals surface area contributed by atoms with Crippen molar-refractivity contribution >= 4 is 27.3 Å². The molecular formula is C15H22N4O5S. The molecule has 1 heterocycles. The predicted octanol–water partition coefficient (Wildman–Crippen LogP) is 0.935. The van der Waals surface area contributed by atoms with Gasteiger partial charge in [-0.1, -0.05) is 6.07 Å². The van der Waals surface area contributed by atoms with Crippen LogP contribution in [0.15, 0.2) is 24.3 Å². The number of hydrogen-bond acceptors (Lipinski definition) is 6. The van der Waals surface area contributed by atoms with Crippen molar-refractivity contribution in [2.24, 2.45) is 0 Å². The van der Waals surface area contributed by atoms with Crippen LogP contribution in [0, 0.1) is 10.1 Å². The highest BCUT2D eigenvalue weighted by Gasteiger charge is 2.27. The summed E-state index contributed by atoms with van der Waals surface area (Å²) in [4.78, 5) is 24.6. The number of nitrogens with one attached hydrogen (secondary N) is 2. The highest BCUT2D eigenvalue weighted by molar-refractivity contribution is 7.88. The van der Waals surface area contributed by atoms with Gasteiger partial charge in [-0.3, -0.25) is 19.8 Å². The van der Waals surface area contributed by atoms with Crippen molar-refractivity contribution in [3.63, 3.8) is 0 Å². The van der Waals surface area contributed by atoms with Gasteiger partial charge < -0.3 is 5.32 Å². The SMILES string of the molecule is C[C@@H](C(=O)Nc1cccc([N+](=O)[O-])c1)N1CCC(NS(C)(=O)=O)CC1.